The standard InChI is InChI=1S/C30H22N6OS.C30H24N4O2S.C29H22FN5OS.C29H26N6OS/c1-18(35-29-27-25(11-13-32-29)38-17-34-27)24-15-19-6-5-9-23(21-14-20-10-12-31-28(20)33-16-21)26(19)30(37)36(24)22-7-3-2-4-8-22;1-19(33-29-28-26(14-15-31-29)37-18-32-28)25-17-21-9-7-13-24(20-8-6-12-23(16-20)36-2)27(21)30(35)34(25)22-10-4-3-5-11-22;1-17-13-20(15-32-27(17)30)22-10-6-7-19-14-23(35(29(36)25(19)22)21-8-4-3-5-9-21)18(2)34-28-26-24(11-12-31-28)37-16-33-26;1-3-14-34-17-21(16-32-34)23-11-7-8-20-15-24(35(29(36)26(20)23)22-9-5-4-6-10-22)19(2)33-28-27-25(12-13-30-28)37-18-31-27/h2-18H,1H3,(H,31,33)(H,32,35);3-19H,1-2H3,(H,31,33);3-16,18H,1-2H3,(H,31,34);4-13,15-19H,3,14H2,1-2H3,(H,30,33)/t18-;19-;18-;19-/m0000/s1. The van der Waals surface area contributed by atoms with E-state index in [1.807, 2.05) is 328 Å². The number of fused-ring (bicyclic) bond motifs is 9. The van der Waals surface area contributed by atoms with E-state index in [4.69, 9.17) is 4.74 Å². The Labute approximate surface area is 868 Å². The molecule has 5 N–H and O–H groups in total. The van der Waals surface area contributed by atoms with Crippen LogP contribution in [0.2, 0.25) is 0 Å². The summed E-state index contributed by atoms with van der Waals surface area (Å²) in [6, 6.07) is 91.3. The highest BCUT2D eigenvalue weighted by molar-refractivity contribution is 7.17. The van der Waals surface area contributed by atoms with Crippen molar-refractivity contribution >= 4 is 164 Å². The molecule has 0 saturated carbocycles. The molecular formula is C118H94FN21O5S4. The van der Waals surface area contributed by atoms with Crippen molar-refractivity contribution in [2.24, 2.45) is 0 Å². The number of para-hydroxylation sites is 4. The third-order valence-electron chi connectivity index (χ3n) is 26.4. The van der Waals surface area contributed by atoms with Gasteiger partial charge < -0.3 is 31.0 Å². The Hall–Kier alpha value is -18.0. The van der Waals surface area contributed by atoms with Gasteiger partial charge in [-0.1, -0.05) is 165 Å². The summed E-state index contributed by atoms with van der Waals surface area (Å²) in [4.78, 5) is 105. The molecule has 0 unspecified atom stereocenters. The van der Waals surface area contributed by atoms with Crippen molar-refractivity contribution in [1.82, 2.24) is 82.9 Å². The number of halogens is 1. The molecule has 26 nitrogen and oxygen atoms in total. The first-order chi connectivity index (χ1) is 72.9. The van der Waals surface area contributed by atoms with Crippen LogP contribution in [0.3, 0.4) is 0 Å². The van der Waals surface area contributed by atoms with Crippen molar-refractivity contribution in [2.45, 2.75) is 78.7 Å². The van der Waals surface area contributed by atoms with Gasteiger partial charge in [0, 0.05) is 129 Å². The van der Waals surface area contributed by atoms with Crippen LogP contribution in [0.5, 0.6) is 5.75 Å². The first kappa shape index (κ1) is 95.8. The van der Waals surface area contributed by atoms with Crippen LogP contribution in [-0.2, 0) is 6.54 Å². The fourth-order valence-corrected chi connectivity index (χ4v) is 22.0. The van der Waals surface area contributed by atoms with E-state index < -0.39 is 5.95 Å². The van der Waals surface area contributed by atoms with Crippen LogP contribution >= 0.6 is 45.3 Å². The Bertz CT molecular complexity index is 9580. The summed E-state index contributed by atoms with van der Waals surface area (Å²) in [6.07, 6.45) is 17.1. The van der Waals surface area contributed by atoms with Gasteiger partial charge in [-0.25, -0.2) is 49.8 Å². The Kier molecular flexibility index (Phi) is 27.0. The highest BCUT2D eigenvalue weighted by atomic mass is 32.1. The fraction of sp³-hybridized carbons (Fsp3) is 0.110. The predicted molar refractivity (Wildman–Crippen MR) is 603 cm³/mol. The Morgan fingerprint density at radius 1 is 0.349 bits per heavy atom. The summed E-state index contributed by atoms with van der Waals surface area (Å²) in [7, 11) is 1.65. The molecule has 0 fully saturated rings. The number of aryl methyl sites for hydroxylation is 2. The molecule has 732 valence electrons. The van der Waals surface area contributed by atoms with E-state index in [1.165, 1.54) is 6.20 Å². The lowest BCUT2D eigenvalue weighted by molar-refractivity contribution is 0.415. The lowest BCUT2D eigenvalue weighted by Crippen LogP contribution is -2.26. The summed E-state index contributed by atoms with van der Waals surface area (Å²) in [5, 5.41) is 25.5. The number of aromatic amines is 1. The summed E-state index contributed by atoms with van der Waals surface area (Å²) in [5.41, 5.74) is 24.7. The van der Waals surface area contributed by atoms with Crippen molar-refractivity contribution in [2.75, 3.05) is 28.4 Å². The zero-order chi connectivity index (χ0) is 102. The number of hydrogen-bond donors (Lipinski definition) is 5. The van der Waals surface area contributed by atoms with E-state index in [0.29, 0.717) is 61.5 Å². The van der Waals surface area contributed by atoms with Crippen LogP contribution in [0.15, 0.2) is 382 Å². The fourth-order valence-electron chi connectivity index (χ4n) is 19.3. The van der Waals surface area contributed by atoms with Crippen LogP contribution in [-0.4, -0.2) is 90.0 Å². The van der Waals surface area contributed by atoms with E-state index in [9.17, 15) is 23.6 Å². The van der Waals surface area contributed by atoms with Crippen molar-refractivity contribution in [3.63, 3.8) is 0 Å². The van der Waals surface area contributed by atoms with E-state index in [2.05, 4.69) is 112 Å². The molecular weight excluding hydrogens is 1940 g/mol. The second-order valence-corrected chi connectivity index (χ2v) is 39.4. The van der Waals surface area contributed by atoms with Gasteiger partial charge >= 0.3 is 0 Å². The molecule has 25 rings (SSSR count). The second kappa shape index (κ2) is 42.0. The first-order valence-corrected chi connectivity index (χ1v) is 52.0. The molecule has 25 aromatic rings. The van der Waals surface area contributed by atoms with Gasteiger partial charge in [0.1, 0.15) is 33.5 Å². The summed E-state index contributed by atoms with van der Waals surface area (Å²) in [6.45, 7) is 12.8. The van der Waals surface area contributed by atoms with E-state index in [1.54, 1.807) is 114 Å². The van der Waals surface area contributed by atoms with Gasteiger partial charge in [0.25, 0.3) is 22.2 Å². The molecule has 16 heterocycles. The van der Waals surface area contributed by atoms with Crippen molar-refractivity contribution in [3.8, 4) is 73.0 Å². The smallest absolute Gasteiger partial charge is 0.263 e. The number of benzene rings is 9. The predicted octanol–water partition coefficient (Wildman–Crippen LogP) is 26.7. The van der Waals surface area contributed by atoms with Gasteiger partial charge in [0.15, 0.2) is 23.3 Å². The number of hydrogen-bond acceptors (Lipinski definition) is 24. The maximum Gasteiger partial charge on any atom is 0.263 e. The number of H-pyrrole nitrogens is 1. The maximum atomic E-state index is 14.4. The number of anilines is 4. The van der Waals surface area contributed by atoms with Gasteiger partial charge in [-0.05, 0) is 218 Å². The number of nitrogens with zero attached hydrogens (tertiary/aromatic N) is 16. The van der Waals surface area contributed by atoms with Crippen LogP contribution in [0, 0.1) is 12.9 Å². The zero-order valence-corrected chi connectivity index (χ0v) is 84.8. The van der Waals surface area contributed by atoms with Gasteiger partial charge in [-0.2, -0.15) is 9.49 Å². The molecule has 9 aromatic carbocycles. The molecule has 0 saturated heterocycles. The normalized spacial score (nSPS) is 12.2. The Morgan fingerprint density at radius 3 is 1.05 bits per heavy atom. The van der Waals surface area contributed by atoms with Gasteiger partial charge in [0.2, 0.25) is 5.95 Å². The lowest BCUT2D eigenvalue weighted by Gasteiger charge is -2.22. The van der Waals surface area contributed by atoms with Crippen LogP contribution < -0.4 is 48.2 Å². The quantitative estimate of drug-likeness (QED) is 0.0372. The monoisotopic (exact) mass is 2030 g/mol. The van der Waals surface area contributed by atoms with Crippen LogP contribution in [0.1, 0.15) is 93.5 Å². The molecule has 0 aliphatic heterocycles. The molecule has 31 heteroatoms. The summed E-state index contributed by atoms with van der Waals surface area (Å²) >= 11 is 6.29. The molecule has 149 heavy (non-hydrogen) atoms. The summed E-state index contributed by atoms with van der Waals surface area (Å²) in [5.74, 6) is 3.00. The van der Waals surface area contributed by atoms with Crippen LogP contribution in [0.25, 0.3) is 162 Å². The van der Waals surface area contributed by atoms with Crippen molar-refractivity contribution in [3.05, 3.63) is 439 Å². The number of pyridine rings is 10. The molecule has 0 spiro atoms. The number of aromatic nitrogens is 17. The van der Waals surface area contributed by atoms with Gasteiger partial charge in [-0.3, -0.25) is 42.1 Å². The van der Waals surface area contributed by atoms with E-state index in [0.717, 1.165) is 171 Å². The molecule has 0 radical (unpaired) electrons. The largest absolute Gasteiger partial charge is 0.497 e. The molecule has 4 atom stereocenters. The van der Waals surface area contributed by atoms with Gasteiger partial charge in [0.05, 0.1) is 99.9 Å². The minimum Gasteiger partial charge on any atom is -0.497 e. The lowest BCUT2D eigenvalue weighted by atomic mass is 9.97. The number of nitrogens with one attached hydrogen (secondary N) is 5. The average molecular weight is 2030 g/mol. The number of ether oxygens (including phenoxy) is 1. The molecule has 0 aliphatic carbocycles. The second-order valence-electron chi connectivity index (χ2n) is 35.9. The average Bonchev–Trinajstić information content (AvgIpc) is 1.64. The Morgan fingerprint density at radius 2 is 0.691 bits per heavy atom. The molecule has 0 amide bonds. The number of thiazole rings is 4. The third-order valence-corrected chi connectivity index (χ3v) is 29.5. The number of rotatable bonds is 23. The zero-order valence-electron chi connectivity index (χ0n) is 81.6. The molecule has 0 bridgehead atoms. The topological polar surface area (TPSA) is 308 Å². The highest BCUT2D eigenvalue weighted by Gasteiger charge is 2.28. The van der Waals surface area contributed by atoms with E-state index >= 15 is 0 Å². The minimum absolute atomic E-state index is 0.0639. The van der Waals surface area contributed by atoms with E-state index in [-0.39, 0.29) is 46.4 Å². The third kappa shape index (κ3) is 19.1. The maximum absolute atomic E-state index is 14.4. The van der Waals surface area contributed by atoms with Crippen LogP contribution in [0.4, 0.5) is 27.7 Å². The highest BCUT2D eigenvalue weighted by Crippen LogP contribution is 2.40. The SMILES string of the molecule is CCCn1cc(-c2cccc3cc([C@H](C)Nc4nccc5scnc45)n(-c4ccccc4)c(=O)c23)cn1.COc1cccc(-c2cccc3cc([C@H](C)Nc4nccc5scnc45)n(-c4ccccc4)c(=O)c23)c1.C[C@H](Nc1nccc2scnc12)c1cc2cccc(-c3cnc4[nH]ccc4c3)c2c(=O)n1-c1ccccc1.Cc1cc(-c2cccc3cc([C@H](C)Nc4nccc5scnc45)n(-c4ccccc4)c(=O)c23)cnc1F. The van der Waals surface area contributed by atoms with Gasteiger partial charge in [-0.15, -0.1) is 45.3 Å². The Balaban J connectivity index is 0.000000112. The first-order valence-electron chi connectivity index (χ1n) is 48.4. The minimum atomic E-state index is -0.517. The molecule has 0 aliphatic rings. The summed E-state index contributed by atoms with van der Waals surface area (Å²) < 4.78 is 32.6. The van der Waals surface area contributed by atoms with Crippen molar-refractivity contribution in [1.29, 1.82) is 0 Å². The van der Waals surface area contributed by atoms with Crippen molar-refractivity contribution < 1.29 is 9.13 Å². The number of methoxy groups -OCH3 is 1. The molecule has 16 aromatic heterocycles.